The van der Waals surface area contributed by atoms with Crippen LogP contribution in [0.1, 0.15) is 63.1 Å². The van der Waals surface area contributed by atoms with E-state index in [1.54, 1.807) is 0 Å². The molecule has 2 atom stereocenters. The van der Waals surface area contributed by atoms with E-state index in [1.165, 1.54) is 36.8 Å². The minimum atomic E-state index is 0.180. The van der Waals surface area contributed by atoms with Crippen LogP contribution in [0.5, 0.6) is 0 Å². The molecule has 0 heterocycles. The number of benzene rings is 1. The number of nitrogens with two attached hydrogens (primary N) is 1. The largest absolute Gasteiger partial charge is 0.324 e. The fourth-order valence-corrected chi connectivity index (χ4v) is 3.00. The van der Waals surface area contributed by atoms with Crippen LogP contribution >= 0.6 is 15.9 Å². The molecular formula is C16H26BrN. The van der Waals surface area contributed by atoms with Gasteiger partial charge in [0.15, 0.2) is 0 Å². The summed E-state index contributed by atoms with van der Waals surface area (Å²) in [4.78, 5) is 0. The lowest BCUT2D eigenvalue weighted by molar-refractivity contribution is 0.388. The van der Waals surface area contributed by atoms with E-state index in [1.807, 2.05) is 0 Å². The van der Waals surface area contributed by atoms with Crippen molar-refractivity contribution in [3.8, 4) is 0 Å². The molecule has 0 spiro atoms. The third-order valence-electron chi connectivity index (χ3n) is 3.76. The van der Waals surface area contributed by atoms with Gasteiger partial charge in [-0.3, -0.25) is 0 Å². The summed E-state index contributed by atoms with van der Waals surface area (Å²) in [7, 11) is 0. The molecular weight excluding hydrogens is 286 g/mol. The zero-order valence-electron chi connectivity index (χ0n) is 11.9. The Morgan fingerprint density at radius 2 is 2.00 bits per heavy atom. The van der Waals surface area contributed by atoms with Crippen molar-refractivity contribution < 1.29 is 0 Å². The van der Waals surface area contributed by atoms with Crippen LogP contribution in [0.4, 0.5) is 0 Å². The van der Waals surface area contributed by atoms with Gasteiger partial charge in [0.25, 0.3) is 0 Å². The molecule has 18 heavy (non-hydrogen) atoms. The summed E-state index contributed by atoms with van der Waals surface area (Å²) in [6.07, 6.45) is 6.27. The Bertz CT molecular complexity index is 362. The van der Waals surface area contributed by atoms with Crippen molar-refractivity contribution in [3.63, 3.8) is 0 Å². The highest BCUT2D eigenvalue weighted by Crippen LogP contribution is 2.28. The second kappa shape index (κ2) is 7.96. The number of halogens is 1. The Morgan fingerprint density at radius 3 is 2.56 bits per heavy atom. The Hall–Kier alpha value is -0.340. The van der Waals surface area contributed by atoms with Crippen LogP contribution in [0, 0.1) is 12.8 Å². The predicted molar refractivity (Wildman–Crippen MR) is 83.7 cm³/mol. The smallest absolute Gasteiger partial charge is 0.0300 e. The monoisotopic (exact) mass is 311 g/mol. The number of unbranched alkanes of at least 4 members (excludes halogenated alkanes) is 1. The molecule has 0 aliphatic rings. The molecule has 2 N–H and O–H groups in total. The highest BCUT2D eigenvalue weighted by Gasteiger charge is 2.15. The third kappa shape index (κ3) is 4.74. The fourth-order valence-electron chi connectivity index (χ4n) is 2.52. The van der Waals surface area contributed by atoms with E-state index in [0.29, 0.717) is 0 Å². The summed E-state index contributed by atoms with van der Waals surface area (Å²) in [6, 6.07) is 6.59. The summed E-state index contributed by atoms with van der Waals surface area (Å²) in [5.41, 5.74) is 8.97. The number of rotatable bonds is 7. The molecule has 0 aliphatic heterocycles. The molecule has 2 heteroatoms. The average molecular weight is 312 g/mol. The van der Waals surface area contributed by atoms with Gasteiger partial charge in [-0.1, -0.05) is 61.5 Å². The average Bonchev–Trinajstić information content (AvgIpc) is 2.34. The lowest BCUT2D eigenvalue weighted by Gasteiger charge is -2.21. The first-order chi connectivity index (χ1) is 8.58. The highest BCUT2D eigenvalue weighted by atomic mass is 79.9. The second-order valence-corrected chi connectivity index (χ2v) is 6.18. The minimum absolute atomic E-state index is 0.180. The van der Waals surface area contributed by atoms with Gasteiger partial charge in [-0.05, 0) is 42.5 Å². The molecule has 0 amide bonds. The molecule has 102 valence electrons. The van der Waals surface area contributed by atoms with E-state index >= 15 is 0 Å². The first-order valence-electron chi connectivity index (χ1n) is 7.10. The third-order valence-corrected chi connectivity index (χ3v) is 4.26. The topological polar surface area (TPSA) is 26.0 Å². The standard InChI is InChI=1S/C16H26BrN/c1-4-6-7-13(5-2)11-16(18)15-9-8-14(17)10-12(15)3/h8-10,13,16H,4-7,11,18H2,1-3H3. The van der Waals surface area contributed by atoms with Crippen molar-refractivity contribution in [2.24, 2.45) is 11.7 Å². The zero-order valence-corrected chi connectivity index (χ0v) is 13.5. The summed E-state index contributed by atoms with van der Waals surface area (Å²) in [5, 5.41) is 0. The lowest BCUT2D eigenvalue weighted by atomic mass is 9.88. The minimum Gasteiger partial charge on any atom is -0.324 e. The maximum atomic E-state index is 6.38. The van der Waals surface area contributed by atoms with Crippen molar-refractivity contribution in [1.29, 1.82) is 0 Å². The van der Waals surface area contributed by atoms with Gasteiger partial charge in [0, 0.05) is 10.5 Å². The van der Waals surface area contributed by atoms with Gasteiger partial charge < -0.3 is 5.73 Å². The van der Waals surface area contributed by atoms with E-state index in [2.05, 4.69) is 54.9 Å². The van der Waals surface area contributed by atoms with Crippen molar-refractivity contribution in [2.45, 2.75) is 58.9 Å². The van der Waals surface area contributed by atoms with Crippen LogP contribution in [0.3, 0.4) is 0 Å². The van der Waals surface area contributed by atoms with Gasteiger partial charge in [-0.2, -0.15) is 0 Å². The first kappa shape index (κ1) is 15.7. The van der Waals surface area contributed by atoms with Gasteiger partial charge >= 0.3 is 0 Å². The van der Waals surface area contributed by atoms with Gasteiger partial charge in [0.05, 0.1) is 0 Å². The summed E-state index contributed by atoms with van der Waals surface area (Å²) >= 11 is 3.50. The molecule has 0 fully saturated rings. The van der Waals surface area contributed by atoms with E-state index < -0.39 is 0 Å². The van der Waals surface area contributed by atoms with Crippen LogP contribution in [-0.2, 0) is 0 Å². The number of hydrogen-bond acceptors (Lipinski definition) is 1. The van der Waals surface area contributed by atoms with E-state index in [0.717, 1.165) is 16.8 Å². The Morgan fingerprint density at radius 1 is 1.28 bits per heavy atom. The molecule has 1 aromatic carbocycles. The maximum Gasteiger partial charge on any atom is 0.0300 e. The van der Waals surface area contributed by atoms with Gasteiger partial charge in [0.2, 0.25) is 0 Å². The molecule has 0 radical (unpaired) electrons. The van der Waals surface area contributed by atoms with Crippen LogP contribution in [0.15, 0.2) is 22.7 Å². The van der Waals surface area contributed by atoms with Crippen molar-refractivity contribution in [1.82, 2.24) is 0 Å². The van der Waals surface area contributed by atoms with Crippen LogP contribution in [0.25, 0.3) is 0 Å². The van der Waals surface area contributed by atoms with Gasteiger partial charge in [0.1, 0.15) is 0 Å². The molecule has 0 saturated carbocycles. The van der Waals surface area contributed by atoms with Crippen LogP contribution in [-0.4, -0.2) is 0 Å². The van der Waals surface area contributed by atoms with E-state index in [-0.39, 0.29) is 6.04 Å². The Kier molecular flexibility index (Phi) is 6.95. The highest BCUT2D eigenvalue weighted by molar-refractivity contribution is 9.10. The molecule has 0 bridgehead atoms. The van der Waals surface area contributed by atoms with Gasteiger partial charge in [-0.25, -0.2) is 0 Å². The fraction of sp³-hybridized carbons (Fsp3) is 0.625. The van der Waals surface area contributed by atoms with Crippen molar-refractivity contribution in [2.75, 3.05) is 0 Å². The maximum absolute atomic E-state index is 6.38. The molecule has 0 saturated heterocycles. The normalized spacial score (nSPS) is 14.5. The molecule has 1 aromatic rings. The van der Waals surface area contributed by atoms with Crippen molar-refractivity contribution >= 4 is 15.9 Å². The molecule has 1 nitrogen and oxygen atoms in total. The summed E-state index contributed by atoms with van der Waals surface area (Å²) in [5.74, 6) is 0.767. The lowest BCUT2D eigenvalue weighted by Crippen LogP contribution is -2.16. The summed E-state index contributed by atoms with van der Waals surface area (Å²) in [6.45, 7) is 6.68. The SMILES string of the molecule is CCCCC(CC)CC(N)c1ccc(Br)cc1C. The number of aryl methyl sites for hydroxylation is 1. The first-order valence-corrected chi connectivity index (χ1v) is 7.89. The second-order valence-electron chi connectivity index (χ2n) is 5.26. The number of hydrogen-bond donors (Lipinski definition) is 1. The van der Waals surface area contributed by atoms with Gasteiger partial charge in [-0.15, -0.1) is 0 Å². The molecule has 0 aromatic heterocycles. The molecule has 0 aliphatic carbocycles. The molecule has 1 rings (SSSR count). The predicted octanol–water partition coefficient (Wildman–Crippen LogP) is 5.36. The van der Waals surface area contributed by atoms with Crippen LogP contribution < -0.4 is 5.73 Å². The zero-order chi connectivity index (χ0) is 13.5. The van der Waals surface area contributed by atoms with E-state index in [9.17, 15) is 0 Å². The Labute approximate surface area is 120 Å². The van der Waals surface area contributed by atoms with Crippen molar-refractivity contribution in [3.05, 3.63) is 33.8 Å². The molecule has 2 unspecified atom stereocenters. The Balaban J connectivity index is 2.65. The van der Waals surface area contributed by atoms with E-state index in [4.69, 9.17) is 5.73 Å². The quantitative estimate of drug-likeness (QED) is 0.720. The summed E-state index contributed by atoms with van der Waals surface area (Å²) < 4.78 is 1.13. The van der Waals surface area contributed by atoms with Crippen LogP contribution in [0.2, 0.25) is 0 Å².